The molecule has 1 amide bonds. The van der Waals surface area contributed by atoms with E-state index in [1.54, 1.807) is 30.3 Å². The molecule has 0 aliphatic carbocycles. The molecule has 5 atom stereocenters. The molecule has 1 fully saturated rings. The average molecular weight is 599 g/mol. The zero-order valence-corrected chi connectivity index (χ0v) is 22.1. The summed E-state index contributed by atoms with van der Waals surface area (Å²) in [4.78, 5) is 68.5. The lowest BCUT2D eigenvalue weighted by Gasteiger charge is -2.20. The average Bonchev–Trinajstić information content (AvgIpc) is 3.21. The summed E-state index contributed by atoms with van der Waals surface area (Å²) in [6, 6.07) is 9.60. The van der Waals surface area contributed by atoms with Crippen LogP contribution in [0.5, 0.6) is 0 Å². The maximum absolute atomic E-state index is 12.7. The SMILES string of the molecule is Cc1cc([C@H]2C[C@@H](ON)C(COP(=O)(O)OP(=O)(O)OP(=O)(O)O)O2)c(NC(=O)c2ccccc2)[nH]c1=O. The van der Waals surface area contributed by atoms with E-state index in [0.29, 0.717) is 11.1 Å². The number of rotatable bonds is 11. The fourth-order valence-corrected chi connectivity index (χ4v) is 6.50. The summed E-state index contributed by atoms with van der Waals surface area (Å²) >= 11 is 0. The minimum Gasteiger partial charge on any atom is -0.365 e. The van der Waals surface area contributed by atoms with Gasteiger partial charge in [0.1, 0.15) is 18.0 Å². The smallest absolute Gasteiger partial charge is 0.365 e. The largest absolute Gasteiger partial charge is 0.490 e. The molecule has 20 heteroatoms. The van der Waals surface area contributed by atoms with Crippen molar-refractivity contribution in [3.05, 3.63) is 63.4 Å². The van der Waals surface area contributed by atoms with Crippen molar-refractivity contribution in [3.63, 3.8) is 0 Å². The van der Waals surface area contributed by atoms with E-state index in [0.717, 1.165) is 0 Å². The Morgan fingerprint density at radius 1 is 1.13 bits per heavy atom. The van der Waals surface area contributed by atoms with Gasteiger partial charge >= 0.3 is 23.5 Å². The summed E-state index contributed by atoms with van der Waals surface area (Å²) in [5, 5.41) is 2.60. The van der Waals surface area contributed by atoms with E-state index in [9.17, 15) is 33.1 Å². The molecular formula is C18H24N3O14P3. The number of H-pyrrole nitrogens is 1. The molecule has 2 aromatic rings. The fraction of sp³-hybridized carbons (Fsp3) is 0.333. The van der Waals surface area contributed by atoms with Crippen molar-refractivity contribution in [2.45, 2.75) is 31.7 Å². The topological polar surface area (TPSA) is 266 Å². The summed E-state index contributed by atoms with van der Waals surface area (Å²) in [6.07, 6.45) is -3.03. The number of hydrogen-bond donors (Lipinski definition) is 7. The van der Waals surface area contributed by atoms with Gasteiger partial charge in [-0.05, 0) is 25.1 Å². The number of pyridine rings is 1. The molecule has 3 unspecified atom stereocenters. The summed E-state index contributed by atoms with van der Waals surface area (Å²) in [6.45, 7) is 0.708. The quantitative estimate of drug-likeness (QED) is 0.142. The van der Waals surface area contributed by atoms with Crippen LogP contribution < -0.4 is 16.8 Å². The number of nitrogens with two attached hydrogens (primary N) is 1. The Hall–Kier alpha value is -2.07. The minimum atomic E-state index is -5.71. The van der Waals surface area contributed by atoms with E-state index in [4.69, 9.17) is 25.3 Å². The van der Waals surface area contributed by atoms with Gasteiger partial charge in [-0.1, -0.05) is 18.2 Å². The van der Waals surface area contributed by atoms with Crippen LogP contribution >= 0.6 is 23.5 Å². The maximum Gasteiger partial charge on any atom is 0.490 e. The number of aromatic amines is 1. The van der Waals surface area contributed by atoms with Gasteiger partial charge in [-0.2, -0.15) is 8.62 Å². The lowest BCUT2D eigenvalue weighted by atomic mass is 10.0. The van der Waals surface area contributed by atoms with Crippen LogP contribution in [0.1, 0.15) is 34.0 Å². The number of carbonyl (C=O) groups is 1. The van der Waals surface area contributed by atoms with Gasteiger partial charge in [0.05, 0.1) is 12.7 Å². The third kappa shape index (κ3) is 8.46. The van der Waals surface area contributed by atoms with E-state index in [1.165, 1.54) is 13.0 Å². The van der Waals surface area contributed by atoms with Gasteiger partial charge in [-0.15, -0.1) is 0 Å². The predicted octanol–water partition coefficient (Wildman–Crippen LogP) is 1.37. The number of aromatic nitrogens is 1. The Kier molecular flexibility index (Phi) is 9.61. The van der Waals surface area contributed by atoms with Crippen LogP contribution in [-0.2, 0) is 36.4 Å². The summed E-state index contributed by atoms with van der Waals surface area (Å²) in [7, 11) is -16.7. The van der Waals surface area contributed by atoms with E-state index >= 15 is 0 Å². The first-order valence-corrected chi connectivity index (χ1v) is 15.0. The van der Waals surface area contributed by atoms with Gasteiger partial charge in [0.15, 0.2) is 0 Å². The molecule has 1 aliphatic heterocycles. The van der Waals surface area contributed by atoms with Crippen LogP contribution in [0.3, 0.4) is 0 Å². The van der Waals surface area contributed by atoms with Crippen molar-refractivity contribution < 1.29 is 60.8 Å². The Morgan fingerprint density at radius 2 is 1.79 bits per heavy atom. The molecule has 0 radical (unpaired) electrons. The molecule has 1 aliphatic rings. The normalized spacial score (nSPS) is 22.9. The molecule has 8 N–H and O–H groups in total. The summed E-state index contributed by atoms with van der Waals surface area (Å²) in [5.74, 6) is 4.80. The molecule has 210 valence electrons. The second-order valence-electron chi connectivity index (χ2n) is 7.89. The van der Waals surface area contributed by atoms with E-state index < -0.39 is 59.9 Å². The third-order valence-corrected chi connectivity index (χ3v) is 8.87. The Labute approximate surface area is 214 Å². The van der Waals surface area contributed by atoms with Crippen LogP contribution in [0.15, 0.2) is 41.2 Å². The molecular weight excluding hydrogens is 575 g/mol. The highest BCUT2D eigenvalue weighted by Crippen LogP contribution is 2.66. The number of nitrogens with one attached hydrogen (secondary N) is 2. The Morgan fingerprint density at radius 3 is 2.39 bits per heavy atom. The Bertz CT molecular complexity index is 1360. The summed E-state index contributed by atoms with van der Waals surface area (Å²) < 4.78 is 52.0. The first kappa shape index (κ1) is 30.5. The number of ether oxygens (including phenoxy) is 1. The molecule has 17 nitrogen and oxygen atoms in total. The molecule has 38 heavy (non-hydrogen) atoms. The highest BCUT2D eigenvalue weighted by Gasteiger charge is 2.43. The van der Waals surface area contributed by atoms with Crippen molar-refractivity contribution in [1.82, 2.24) is 4.98 Å². The second kappa shape index (κ2) is 12.0. The molecule has 0 bridgehead atoms. The van der Waals surface area contributed by atoms with Crippen LogP contribution in [0.4, 0.5) is 5.82 Å². The zero-order valence-electron chi connectivity index (χ0n) is 19.4. The second-order valence-corrected chi connectivity index (χ2v) is 12.3. The van der Waals surface area contributed by atoms with Crippen LogP contribution in [0.25, 0.3) is 0 Å². The number of hydrogen-bond acceptors (Lipinski definition) is 11. The van der Waals surface area contributed by atoms with E-state index in [2.05, 4.69) is 23.4 Å². The van der Waals surface area contributed by atoms with Gasteiger partial charge in [-0.25, -0.2) is 19.6 Å². The standard InChI is InChI=1S/C18H24N3O14P3/c1-10-7-12(16(20-17(10)22)21-18(23)11-5-3-2-4-6-11)13-8-14(33-19)15(32-13)9-31-37(27,28)35-38(29,30)34-36(24,25)26/h2-7,13-15H,8-9,19H2,1H3,(H,27,28)(H,29,30)(H2,24,25,26)(H2,20,21,22,23)/t13-,14-,15?/m1/s1. The molecule has 3 rings (SSSR count). The first-order valence-electron chi connectivity index (χ1n) is 10.5. The predicted molar refractivity (Wildman–Crippen MR) is 127 cm³/mol. The van der Waals surface area contributed by atoms with Crippen LogP contribution in [0.2, 0.25) is 0 Å². The molecule has 2 heterocycles. The fourth-order valence-electron chi connectivity index (χ4n) is 3.47. The first-order chi connectivity index (χ1) is 17.6. The van der Waals surface area contributed by atoms with Gasteiger partial charge < -0.3 is 34.6 Å². The zero-order chi connectivity index (χ0) is 28.3. The minimum absolute atomic E-state index is 0.0145. The lowest BCUT2D eigenvalue weighted by molar-refractivity contribution is -0.0474. The van der Waals surface area contributed by atoms with Crippen molar-refractivity contribution in [2.75, 3.05) is 11.9 Å². The van der Waals surface area contributed by atoms with Gasteiger partial charge in [-0.3, -0.25) is 19.0 Å². The number of benzene rings is 1. The monoisotopic (exact) mass is 599 g/mol. The van der Waals surface area contributed by atoms with Gasteiger partial charge in [0.2, 0.25) is 0 Å². The van der Waals surface area contributed by atoms with Crippen molar-refractivity contribution in [1.29, 1.82) is 0 Å². The number of carbonyl (C=O) groups excluding carboxylic acids is 1. The van der Waals surface area contributed by atoms with Crippen molar-refractivity contribution in [3.8, 4) is 0 Å². The van der Waals surface area contributed by atoms with Crippen molar-refractivity contribution >= 4 is 35.2 Å². The number of aryl methyl sites for hydroxylation is 1. The molecule has 1 aromatic heterocycles. The number of phosphoric acid groups is 3. The maximum atomic E-state index is 12.7. The summed E-state index contributed by atoms with van der Waals surface area (Å²) in [5.41, 5.74) is 0.424. The van der Waals surface area contributed by atoms with Crippen molar-refractivity contribution in [2.24, 2.45) is 5.90 Å². The van der Waals surface area contributed by atoms with E-state index in [1.807, 2.05) is 0 Å². The number of anilines is 1. The molecule has 0 saturated carbocycles. The third-order valence-electron chi connectivity index (χ3n) is 5.07. The van der Waals surface area contributed by atoms with Gasteiger partial charge in [0.25, 0.3) is 11.5 Å². The van der Waals surface area contributed by atoms with Gasteiger partial charge in [0, 0.05) is 23.1 Å². The molecule has 1 saturated heterocycles. The van der Waals surface area contributed by atoms with Crippen LogP contribution in [0, 0.1) is 6.92 Å². The molecule has 0 spiro atoms. The Balaban J connectivity index is 1.76. The highest BCUT2D eigenvalue weighted by atomic mass is 31.3. The van der Waals surface area contributed by atoms with Crippen LogP contribution in [-0.4, -0.2) is 49.3 Å². The number of phosphoric ester groups is 1. The van der Waals surface area contributed by atoms with E-state index in [-0.39, 0.29) is 17.8 Å². The molecule has 1 aromatic carbocycles. The number of amides is 1. The lowest BCUT2D eigenvalue weighted by Crippen LogP contribution is -2.31. The highest BCUT2D eigenvalue weighted by molar-refractivity contribution is 7.66.